The van der Waals surface area contributed by atoms with Crippen LogP contribution in [0.2, 0.25) is 5.02 Å². The predicted molar refractivity (Wildman–Crippen MR) is 117 cm³/mol. The molecular weight excluding hydrogens is 397 g/mol. The Bertz CT molecular complexity index is 923. The van der Waals surface area contributed by atoms with Crippen molar-refractivity contribution in [2.45, 2.75) is 12.5 Å². The Morgan fingerprint density at radius 1 is 1.04 bits per heavy atom. The summed E-state index contributed by atoms with van der Waals surface area (Å²) >= 11 is 6.30. The van der Waals surface area contributed by atoms with Crippen molar-refractivity contribution in [2.24, 2.45) is 0 Å². The minimum absolute atomic E-state index is 0. The Balaban J connectivity index is 0.00000225. The number of fused-ring (bicyclic) bond motifs is 1. The molecule has 2 heterocycles. The van der Waals surface area contributed by atoms with E-state index in [1.807, 2.05) is 36.4 Å². The highest BCUT2D eigenvalue weighted by Gasteiger charge is 2.21. The standard InChI is InChI=1S/C21H24ClN3O2.ClH/c22-17-5-1-2-7-19(17)25-10-8-24(9-11-25)14-16(26)12-15-4-3-6-18-21(15)20(27)13-23-18;/h1-7,13,16,23,26-27H,8-12,14H2;1H. The van der Waals surface area contributed by atoms with Crippen molar-refractivity contribution < 1.29 is 10.2 Å². The number of rotatable bonds is 5. The number of benzene rings is 2. The van der Waals surface area contributed by atoms with Gasteiger partial charge in [-0.25, -0.2) is 0 Å². The van der Waals surface area contributed by atoms with E-state index in [1.165, 1.54) is 0 Å². The van der Waals surface area contributed by atoms with Gasteiger partial charge in [-0.2, -0.15) is 0 Å². The number of aliphatic hydroxyl groups excluding tert-OH is 1. The van der Waals surface area contributed by atoms with Gasteiger partial charge in [0, 0.05) is 56.2 Å². The molecule has 1 unspecified atom stereocenters. The number of β-amino-alcohol motifs (C(OH)–C–C–N with tert-alkyl or cyclic N) is 1. The molecule has 3 N–H and O–H groups in total. The Labute approximate surface area is 175 Å². The lowest BCUT2D eigenvalue weighted by Crippen LogP contribution is -2.49. The van der Waals surface area contributed by atoms with Crippen molar-refractivity contribution in [2.75, 3.05) is 37.6 Å². The number of para-hydroxylation sites is 1. The van der Waals surface area contributed by atoms with Crippen LogP contribution in [-0.4, -0.2) is 58.9 Å². The van der Waals surface area contributed by atoms with Gasteiger partial charge < -0.3 is 20.1 Å². The third-order valence-corrected chi connectivity index (χ3v) is 5.58. The monoisotopic (exact) mass is 421 g/mol. The number of aromatic amines is 1. The van der Waals surface area contributed by atoms with Crippen LogP contribution in [0.15, 0.2) is 48.7 Å². The summed E-state index contributed by atoms with van der Waals surface area (Å²) in [5.74, 6) is 0.237. The number of hydrogen-bond donors (Lipinski definition) is 3. The molecule has 3 aromatic rings. The first kappa shape index (κ1) is 20.8. The first-order chi connectivity index (χ1) is 13.1. The van der Waals surface area contributed by atoms with Crippen LogP contribution in [0, 0.1) is 0 Å². The van der Waals surface area contributed by atoms with E-state index in [4.69, 9.17) is 11.6 Å². The quantitative estimate of drug-likeness (QED) is 0.587. The summed E-state index contributed by atoms with van der Waals surface area (Å²) in [6.45, 7) is 4.19. The Kier molecular flexibility index (Phi) is 6.73. The normalized spacial score (nSPS) is 16.1. The molecule has 2 aromatic carbocycles. The number of hydrogen-bond acceptors (Lipinski definition) is 4. The van der Waals surface area contributed by atoms with E-state index in [2.05, 4.69) is 20.9 Å². The highest BCUT2D eigenvalue weighted by atomic mass is 35.5. The van der Waals surface area contributed by atoms with Crippen molar-refractivity contribution in [1.29, 1.82) is 0 Å². The maximum Gasteiger partial charge on any atom is 0.141 e. The van der Waals surface area contributed by atoms with Gasteiger partial charge in [0.2, 0.25) is 0 Å². The van der Waals surface area contributed by atoms with Crippen LogP contribution >= 0.6 is 24.0 Å². The largest absolute Gasteiger partial charge is 0.506 e. The molecule has 1 aliphatic heterocycles. The zero-order chi connectivity index (χ0) is 18.8. The molecule has 1 saturated heterocycles. The second kappa shape index (κ2) is 9.05. The molecule has 5 nitrogen and oxygen atoms in total. The van der Waals surface area contributed by atoms with E-state index >= 15 is 0 Å². The molecule has 1 atom stereocenters. The first-order valence-electron chi connectivity index (χ1n) is 9.29. The second-order valence-electron chi connectivity index (χ2n) is 7.11. The molecule has 150 valence electrons. The Morgan fingerprint density at radius 2 is 1.79 bits per heavy atom. The van der Waals surface area contributed by atoms with Crippen LogP contribution in [-0.2, 0) is 6.42 Å². The Morgan fingerprint density at radius 3 is 2.54 bits per heavy atom. The molecule has 1 fully saturated rings. The number of nitrogens with one attached hydrogen (secondary N) is 1. The summed E-state index contributed by atoms with van der Waals surface area (Å²) in [4.78, 5) is 7.63. The number of halogens is 2. The number of aromatic nitrogens is 1. The third-order valence-electron chi connectivity index (χ3n) is 5.26. The van der Waals surface area contributed by atoms with Gasteiger partial charge in [-0.1, -0.05) is 35.9 Å². The van der Waals surface area contributed by atoms with E-state index in [-0.39, 0.29) is 18.2 Å². The van der Waals surface area contributed by atoms with Gasteiger partial charge >= 0.3 is 0 Å². The van der Waals surface area contributed by atoms with Crippen molar-refractivity contribution in [3.63, 3.8) is 0 Å². The van der Waals surface area contributed by atoms with Gasteiger partial charge in [0.25, 0.3) is 0 Å². The lowest BCUT2D eigenvalue weighted by atomic mass is 10.0. The lowest BCUT2D eigenvalue weighted by Gasteiger charge is -2.37. The van der Waals surface area contributed by atoms with E-state index in [0.29, 0.717) is 13.0 Å². The topological polar surface area (TPSA) is 62.7 Å². The van der Waals surface area contributed by atoms with Crippen LogP contribution in [0.4, 0.5) is 5.69 Å². The van der Waals surface area contributed by atoms with E-state index in [1.54, 1.807) is 6.20 Å². The maximum atomic E-state index is 10.6. The number of H-pyrrole nitrogens is 1. The van der Waals surface area contributed by atoms with Gasteiger partial charge in [0.05, 0.1) is 16.8 Å². The third kappa shape index (κ3) is 4.39. The number of anilines is 1. The highest BCUT2D eigenvalue weighted by molar-refractivity contribution is 6.33. The van der Waals surface area contributed by atoms with Crippen molar-refractivity contribution in [1.82, 2.24) is 9.88 Å². The first-order valence-corrected chi connectivity index (χ1v) is 9.67. The lowest BCUT2D eigenvalue weighted by molar-refractivity contribution is 0.109. The zero-order valence-electron chi connectivity index (χ0n) is 15.5. The van der Waals surface area contributed by atoms with Crippen molar-refractivity contribution in [3.8, 4) is 5.75 Å². The van der Waals surface area contributed by atoms with E-state index in [0.717, 1.165) is 53.4 Å². The van der Waals surface area contributed by atoms with Gasteiger partial charge in [0.15, 0.2) is 0 Å². The molecule has 0 aliphatic carbocycles. The smallest absolute Gasteiger partial charge is 0.141 e. The summed E-state index contributed by atoms with van der Waals surface area (Å²) in [5.41, 5.74) is 2.94. The molecular formula is C21H25Cl2N3O2. The zero-order valence-corrected chi connectivity index (χ0v) is 17.1. The van der Waals surface area contributed by atoms with Gasteiger partial charge in [-0.3, -0.25) is 4.90 Å². The summed E-state index contributed by atoms with van der Waals surface area (Å²) in [6, 6.07) is 13.8. The fourth-order valence-corrected chi connectivity index (χ4v) is 4.16. The second-order valence-corrected chi connectivity index (χ2v) is 7.52. The summed E-state index contributed by atoms with van der Waals surface area (Å²) in [5, 5.41) is 22.2. The molecule has 0 saturated carbocycles. The number of aliphatic hydroxyl groups is 1. The highest BCUT2D eigenvalue weighted by Crippen LogP contribution is 2.29. The maximum absolute atomic E-state index is 10.6. The molecule has 1 aliphatic rings. The number of nitrogens with zero attached hydrogens (tertiary/aromatic N) is 2. The molecule has 28 heavy (non-hydrogen) atoms. The van der Waals surface area contributed by atoms with Gasteiger partial charge in [0.1, 0.15) is 5.75 Å². The van der Waals surface area contributed by atoms with Crippen LogP contribution < -0.4 is 4.90 Å². The van der Waals surface area contributed by atoms with E-state index in [9.17, 15) is 10.2 Å². The average molecular weight is 422 g/mol. The molecule has 1 aromatic heterocycles. The molecule has 0 amide bonds. The van der Waals surface area contributed by atoms with Crippen LogP contribution in [0.5, 0.6) is 5.75 Å². The minimum Gasteiger partial charge on any atom is -0.506 e. The van der Waals surface area contributed by atoms with Crippen LogP contribution in [0.25, 0.3) is 10.9 Å². The van der Waals surface area contributed by atoms with Crippen LogP contribution in [0.3, 0.4) is 0 Å². The fraction of sp³-hybridized carbons (Fsp3) is 0.333. The summed E-state index contributed by atoms with van der Waals surface area (Å²) in [7, 11) is 0. The van der Waals surface area contributed by atoms with Crippen LogP contribution in [0.1, 0.15) is 5.56 Å². The molecule has 4 rings (SSSR count). The summed E-state index contributed by atoms with van der Waals surface area (Å²) in [6.07, 6.45) is 1.64. The molecule has 0 radical (unpaired) electrons. The minimum atomic E-state index is -0.475. The predicted octanol–water partition coefficient (Wildman–Crippen LogP) is 3.67. The SMILES string of the molecule is Cl.Oc1c[nH]c2cccc(CC(O)CN3CCN(c4ccccc4Cl)CC3)c12. The fourth-order valence-electron chi connectivity index (χ4n) is 3.91. The van der Waals surface area contributed by atoms with E-state index < -0.39 is 6.10 Å². The number of aromatic hydroxyl groups is 1. The average Bonchev–Trinajstić information content (AvgIpc) is 3.05. The van der Waals surface area contributed by atoms with Gasteiger partial charge in [-0.05, 0) is 23.8 Å². The summed E-state index contributed by atoms with van der Waals surface area (Å²) < 4.78 is 0. The molecule has 0 bridgehead atoms. The molecule has 7 heteroatoms. The van der Waals surface area contributed by atoms with Gasteiger partial charge in [-0.15, -0.1) is 12.4 Å². The number of piperazine rings is 1. The van der Waals surface area contributed by atoms with Crippen molar-refractivity contribution in [3.05, 3.63) is 59.2 Å². The molecule has 0 spiro atoms. The van der Waals surface area contributed by atoms with Crippen molar-refractivity contribution >= 4 is 40.6 Å². The Hall–Kier alpha value is -1.92.